The molecule has 6 heterocycles. The van der Waals surface area contributed by atoms with Gasteiger partial charge in [-0.15, -0.1) is 0 Å². The Balaban J connectivity index is 0.000000169. The summed E-state index contributed by atoms with van der Waals surface area (Å²) in [7, 11) is 3.10. The van der Waals surface area contributed by atoms with Crippen LogP contribution < -0.4 is 9.47 Å². The van der Waals surface area contributed by atoms with E-state index in [1.807, 2.05) is 19.1 Å². The van der Waals surface area contributed by atoms with Crippen molar-refractivity contribution in [1.82, 2.24) is 28.9 Å². The van der Waals surface area contributed by atoms with Gasteiger partial charge in [0.25, 0.3) is 0 Å². The Morgan fingerprint density at radius 3 is 1.60 bits per heavy atom. The highest BCUT2D eigenvalue weighted by molar-refractivity contribution is 6.10. The number of halogens is 6. The van der Waals surface area contributed by atoms with Gasteiger partial charge in [0, 0.05) is 97.9 Å². The molecule has 8 rings (SSSR count). The zero-order valence-electron chi connectivity index (χ0n) is 30.7. The number of benzene rings is 2. The van der Waals surface area contributed by atoms with Gasteiger partial charge in [-0.05, 0) is 43.3 Å². The van der Waals surface area contributed by atoms with Crippen LogP contribution in [0.1, 0.15) is 18.3 Å². The van der Waals surface area contributed by atoms with E-state index in [4.69, 9.17) is 18.9 Å². The molecule has 294 valence electrons. The lowest BCUT2D eigenvalue weighted by Gasteiger charge is -2.33. The van der Waals surface area contributed by atoms with Gasteiger partial charge in [0.05, 0.1) is 62.7 Å². The molecule has 0 N–H and O–H groups in total. The zero-order chi connectivity index (χ0) is 38.9. The molecule has 2 aliphatic heterocycles. The summed E-state index contributed by atoms with van der Waals surface area (Å²) in [5, 5.41) is 2.63. The summed E-state index contributed by atoms with van der Waals surface area (Å²) in [5.41, 5.74) is -0.0181. The van der Waals surface area contributed by atoms with E-state index in [-0.39, 0.29) is 17.1 Å². The molecule has 0 radical (unpaired) electrons. The largest absolute Gasteiger partial charge is 0.497 e. The third-order valence-electron chi connectivity index (χ3n) is 10.4. The third-order valence-corrected chi connectivity index (χ3v) is 10.4. The Bertz CT molecular complexity index is 2280. The van der Waals surface area contributed by atoms with Gasteiger partial charge in [-0.3, -0.25) is 9.80 Å². The Labute approximate surface area is 313 Å². The van der Waals surface area contributed by atoms with E-state index in [0.717, 1.165) is 42.5 Å². The lowest BCUT2D eigenvalue weighted by molar-refractivity contribution is -0.140. The van der Waals surface area contributed by atoms with Crippen molar-refractivity contribution < 1.29 is 45.3 Å². The maximum absolute atomic E-state index is 13.7. The van der Waals surface area contributed by atoms with Gasteiger partial charge >= 0.3 is 12.4 Å². The van der Waals surface area contributed by atoms with Crippen LogP contribution in [-0.4, -0.2) is 108 Å². The number of pyridine rings is 2. The van der Waals surface area contributed by atoms with Crippen molar-refractivity contribution in [3.63, 3.8) is 0 Å². The molecular formula is C39H42F6N6O4. The van der Waals surface area contributed by atoms with Crippen molar-refractivity contribution >= 4 is 43.6 Å². The second kappa shape index (κ2) is 15.8. The number of alkyl halides is 6. The van der Waals surface area contributed by atoms with Crippen molar-refractivity contribution in [2.45, 2.75) is 38.4 Å². The lowest BCUT2D eigenvalue weighted by Crippen LogP contribution is -2.43. The molecule has 16 heteroatoms. The van der Waals surface area contributed by atoms with Crippen LogP contribution in [0.5, 0.6) is 11.5 Å². The summed E-state index contributed by atoms with van der Waals surface area (Å²) < 4.78 is 107. The number of ether oxygens (including phenoxy) is 4. The highest BCUT2D eigenvalue weighted by Gasteiger charge is 2.38. The van der Waals surface area contributed by atoms with Crippen molar-refractivity contribution in [1.29, 1.82) is 0 Å². The average Bonchev–Trinajstić information content (AvgIpc) is 3.68. The molecule has 0 aliphatic carbocycles. The zero-order valence-corrected chi connectivity index (χ0v) is 30.7. The van der Waals surface area contributed by atoms with E-state index >= 15 is 0 Å². The first-order chi connectivity index (χ1) is 26.4. The summed E-state index contributed by atoms with van der Waals surface area (Å²) in [5.74, 6) is 1.22. The Morgan fingerprint density at radius 1 is 0.636 bits per heavy atom. The molecular weight excluding hydrogens is 730 g/mol. The SMILES string of the molecule is COc1ccc2c3ccnc(C(F)(F)F)c3n(CC(C)N3CCOCC3)c2c1.COc1ccc2c3ccnc(C(F)(F)F)c3n(CCN3CCOCC3)c2c1. The number of morpholine rings is 2. The summed E-state index contributed by atoms with van der Waals surface area (Å²) >= 11 is 0. The Kier molecular flexibility index (Phi) is 11.1. The third kappa shape index (κ3) is 7.90. The molecule has 0 saturated carbocycles. The smallest absolute Gasteiger partial charge is 0.435 e. The van der Waals surface area contributed by atoms with Gasteiger partial charge in [0.2, 0.25) is 0 Å². The molecule has 2 fully saturated rings. The molecule has 1 unspecified atom stereocenters. The van der Waals surface area contributed by atoms with Gasteiger partial charge in [0.1, 0.15) is 11.5 Å². The van der Waals surface area contributed by atoms with Gasteiger partial charge in [-0.25, -0.2) is 9.97 Å². The minimum Gasteiger partial charge on any atom is -0.497 e. The fourth-order valence-electron chi connectivity index (χ4n) is 7.61. The van der Waals surface area contributed by atoms with Crippen molar-refractivity contribution in [3.8, 4) is 11.5 Å². The van der Waals surface area contributed by atoms with Crippen LogP contribution in [0.15, 0.2) is 60.9 Å². The highest BCUT2D eigenvalue weighted by Crippen LogP contribution is 2.40. The molecule has 1 atom stereocenters. The van der Waals surface area contributed by atoms with Crippen LogP contribution in [0.4, 0.5) is 26.3 Å². The number of methoxy groups -OCH3 is 2. The van der Waals surface area contributed by atoms with Crippen molar-refractivity contribution in [2.75, 3.05) is 73.4 Å². The van der Waals surface area contributed by atoms with Crippen LogP contribution in [0.2, 0.25) is 0 Å². The summed E-state index contributed by atoms with van der Waals surface area (Å²) in [6.45, 7) is 9.21. The topological polar surface area (TPSA) is 79.0 Å². The number of nitrogens with zero attached hydrogens (tertiary/aromatic N) is 6. The van der Waals surface area contributed by atoms with Crippen LogP contribution in [0, 0.1) is 0 Å². The molecule has 0 bridgehead atoms. The van der Waals surface area contributed by atoms with Gasteiger partial charge in [-0.1, -0.05) is 0 Å². The van der Waals surface area contributed by atoms with E-state index in [0.29, 0.717) is 73.8 Å². The quantitative estimate of drug-likeness (QED) is 0.148. The van der Waals surface area contributed by atoms with E-state index in [1.165, 1.54) is 12.4 Å². The summed E-state index contributed by atoms with van der Waals surface area (Å²) in [6, 6.07) is 14.1. The molecule has 55 heavy (non-hydrogen) atoms. The van der Waals surface area contributed by atoms with Crippen molar-refractivity contribution in [3.05, 3.63) is 72.3 Å². The monoisotopic (exact) mass is 772 g/mol. The number of rotatable bonds is 8. The lowest BCUT2D eigenvalue weighted by atomic mass is 10.1. The minimum absolute atomic E-state index is 0.0511. The normalized spacial score (nSPS) is 16.8. The average molecular weight is 773 g/mol. The van der Waals surface area contributed by atoms with Crippen LogP contribution in [-0.2, 0) is 34.9 Å². The van der Waals surface area contributed by atoms with E-state index < -0.39 is 23.7 Å². The van der Waals surface area contributed by atoms with Crippen LogP contribution >= 0.6 is 0 Å². The molecule has 10 nitrogen and oxygen atoms in total. The molecule has 0 spiro atoms. The van der Waals surface area contributed by atoms with Gasteiger partial charge in [0.15, 0.2) is 11.4 Å². The number of aromatic nitrogens is 4. The molecule has 0 amide bonds. The second-order valence-corrected chi connectivity index (χ2v) is 13.6. The Hall–Kier alpha value is -4.64. The predicted octanol–water partition coefficient (Wildman–Crippen LogP) is 7.49. The van der Waals surface area contributed by atoms with E-state index in [1.54, 1.807) is 59.8 Å². The van der Waals surface area contributed by atoms with Crippen LogP contribution in [0.3, 0.4) is 0 Å². The fourth-order valence-corrected chi connectivity index (χ4v) is 7.61. The Morgan fingerprint density at radius 2 is 1.11 bits per heavy atom. The number of fused-ring (bicyclic) bond motifs is 6. The second-order valence-electron chi connectivity index (χ2n) is 13.6. The van der Waals surface area contributed by atoms with E-state index in [9.17, 15) is 26.3 Å². The fraction of sp³-hybridized carbons (Fsp3) is 0.436. The van der Waals surface area contributed by atoms with Crippen LogP contribution in [0.25, 0.3) is 43.6 Å². The molecule has 2 saturated heterocycles. The van der Waals surface area contributed by atoms with Gasteiger partial charge in [-0.2, -0.15) is 26.3 Å². The molecule has 4 aromatic heterocycles. The highest BCUT2D eigenvalue weighted by atomic mass is 19.4. The number of hydrogen-bond donors (Lipinski definition) is 0. The maximum atomic E-state index is 13.7. The number of hydrogen-bond acceptors (Lipinski definition) is 8. The first-order valence-electron chi connectivity index (χ1n) is 18.0. The summed E-state index contributed by atoms with van der Waals surface area (Å²) in [6.07, 6.45) is -6.60. The maximum Gasteiger partial charge on any atom is 0.435 e. The standard InChI is InChI=1S/C20H22F3N3O2.C19H20F3N3O2/c1-13(25-7-9-28-10-8-25)12-26-17-11-14(27-2)3-4-15(17)16-5-6-24-19(18(16)26)20(21,22)23;1-26-13-2-3-14-15-4-5-23-18(19(20,21)22)17(15)25(16(14)12-13)7-6-24-8-10-27-11-9-24/h3-6,11,13H,7-10,12H2,1-2H3;2-5,12H,6-11H2,1H3. The van der Waals surface area contributed by atoms with E-state index in [2.05, 4.69) is 19.8 Å². The first-order valence-corrected chi connectivity index (χ1v) is 18.0. The summed E-state index contributed by atoms with van der Waals surface area (Å²) in [4.78, 5) is 11.8. The van der Waals surface area contributed by atoms with Crippen molar-refractivity contribution in [2.24, 2.45) is 0 Å². The first kappa shape index (κ1) is 38.6. The molecule has 2 aromatic carbocycles. The molecule has 6 aromatic rings. The minimum atomic E-state index is -4.53. The van der Waals surface area contributed by atoms with Gasteiger partial charge < -0.3 is 28.1 Å². The molecule has 2 aliphatic rings. The predicted molar refractivity (Wildman–Crippen MR) is 197 cm³/mol.